The minimum Gasteiger partial charge on any atom is -0.396 e. The van der Waals surface area contributed by atoms with Crippen LogP contribution in [-0.4, -0.2) is 18.3 Å². The van der Waals surface area contributed by atoms with Crippen LogP contribution in [0.15, 0.2) is 54.6 Å². The molecule has 0 aliphatic rings. The minimum absolute atomic E-state index is 0.174. The molecule has 0 aliphatic carbocycles. The van der Waals surface area contributed by atoms with Gasteiger partial charge in [0, 0.05) is 18.8 Å². The standard InChI is InChI=1S/C17H18FNO/c18-16-7-3-14(4-8-16)2-1-12-19-17-9-5-15(6-10-17)11-13-20/h1-10,19-20H,11-13H2/b2-1+. The number of anilines is 1. The van der Waals surface area contributed by atoms with Gasteiger partial charge < -0.3 is 10.4 Å². The maximum Gasteiger partial charge on any atom is 0.123 e. The highest BCUT2D eigenvalue weighted by atomic mass is 19.1. The third-order valence-corrected chi connectivity index (χ3v) is 2.96. The van der Waals surface area contributed by atoms with Crippen molar-refractivity contribution in [3.63, 3.8) is 0 Å². The van der Waals surface area contributed by atoms with Gasteiger partial charge in [0.1, 0.15) is 5.82 Å². The van der Waals surface area contributed by atoms with Crippen LogP contribution in [0, 0.1) is 5.82 Å². The van der Waals surface area contributed by atoms with Crippen LogP contribution in [0.1, 0.15) is 11.1 Å². The summed E-state index contributed by atoms with van der Waals surface area (Å²) in [6.45, 7) is 0.879. The first kappa shape index (κ1) is 14.3. The average molecular weight is 271 g/mol. The summed E-state index contributed by atoms with van der Waals surface area (Å²) < 4.78 is 12.7. The minimum atomic E-state index is -0.219. The molecule has 0 aliphatic heterocycles. The van der Waals surface area contributed by atoms with E-state index in [9.17, 15) is 4.39 Å². The fourth-order valence-electron chi connectivity index (χ4n) is 1.86. The zero-order valence-corrected chi connectivity index (χ0v) is 11.2. The highest BCUT2D eigenvalue weighted by molar-refractivity contribution is 5.51. The molecule has 0 spiro atoms. The third-order valence-electron chi connectivity index (χ3n) is 2.96. The Kier molecular flexibility index (Phi) is 5.33. The Morgan fingerprint density at radius 2 is 1.70 bits per heavy atom. The van der Waals surface area contributed by atoms with Crippen molar-refractivity contribution in [1.29, 1.82) is 0 Å². The van der Waals surface area contributed by atoms with Gasteiger partial charge in [-0.05, 0) is 41.8 Å². The zero-order chi connectivity index (χ0) is 14.2. The maximum atomic E-state index is 12.7. The number of aliphatic hydroxyl groups is 1. The lowest BCUT2D eigenvalue weighted by atomic mass is 10.1. The molecule has 0 saturated heterocycles. The summed E-state index contributed by atoms with van der Waals surface area (Å²) in [7, 11) is 0. The number of hydrogen-bond acceptors (Lipinski definition) is 2. The first-order chi connectivity index (χ1) is 9.78. The molecule has 0 aromatic heterocycles. The molecule has 3 heteroatoms. The van der Waals surface area contributed by atoms with Crippen molar-refractivity contribution >= 4 is 11.8 Å². The molecule has 2 rings (SSSR count). The van der Waals surface area contributed by atoms with Gasteiger partial charge >= 0.3 is 0 Å². The Balaban J connectivity index is 1.81. The second-order valence-electron chi connectivity index (χ2n) is 4.51. The van der Waals surface area contributed by atoms with Gasteiger partial charge in [0.15, 0.2) is 0 Å². The van der Waals surface area contributed by atoms with Crippen LogP contribution in [0.5, 0.6) is 0 Å². The van der Waals surface area contributed by atoms with Crippen molar-refractivity contribution in [2.24, 2.45) is 0 Å². The van der Waals surface area contributed by atoms with E-state index in [1.807, 2.05) is 36.4 Å². The quantitative estimate of drug-likeness (QED) is 0.843. The molecule has 2 aromatic carbocycles. The molecule has 0 radical (unpaired) electrons. The molecule has 2 nitrogen and oxygen atoms in total. The number of aliphatic hydroxyl groups excluding tert-OH is 1. The number of rotatable bonds is 6. The Labute approximate surface area is 118 Å². The van der Waals surface area contributed by atoms with Crippen LogP contribution in [0.2, 0.25) is 0 Å². The second kappa shape index (κ2) is 7.46. The van der Waals surface area contributed by atoms with E-state index in [0.29, 0.717) is 13.0 Å². The third kappa shape index (κ3) is 4.52. The van der Waals surface area contributed by atoms with Crippen LogP contribution in [0.25, 0.3) is 6.08 Å². The number of nitrogens with one attached hydrogen (secondary N) is 1. The summed E-state index contributed by atoms with van der Waals surface area (Å²) >= 11 is 0. The van der Waals surface area contributed by atoms with Crippen LogP contribution in [-0.2, 0) is 6.42 Å². The lowest BCUT2D eigenvalue weighted by Gasteiger charge is -2.04. The molecule has 0 fully saturated rings. The smallest absolute Gasteiger partial charge is 0.123 e. The van der Waals surface area contributed by atoms with Crippen LogP contribution < -0.4 is 5.32 Å². The summed E-state index contributed by atoms with van der Waals surface area (Å²) in [6, 6.07) is 14.4. The summed E-state index contributed by atoms with van der Waals surface area (Å²) in [4.78, 5) is 0. The largest absolute Gasteiger partial charge is 0.396 e. The summed E-state index contributed by atoms with van der Waals surface area (Å²) in [5.74, 6) is -0.219. The lowest BCUT2D eigenvalue weighted by molar-refractivity contribution is 0.299. The van der Waals surface area contributed by atoms with Gasteiger partial charge in [0.2, 0.25) is 0 Å². The first-order valence-electron chi connectivity index (χ1n) is 6.64. The monoisotopic (exact) mass is 271 g/mol. The maximum absolute atomic E-state index is 12.7. The fraction of sp³-hybridized carbons (Fsp3) is 0.176. The van der Waals surface area contributed by atoms with Crippen molar-refractivity contribution in [2.45, 2.75) is 6.42 Å². The van der Waals surface area contributed by atoms with E-state index in [-0.39, 0.29) is 12.4 Å². The van der Waals surface area contributed by atoms with Crippen LogP contribution in [0.4, 0.5) is 10.1 Å². The van der Waals surface area contributed by atoms with Gasteiger partial charge in [-0.3, -0.25) is 0 Å². The molecule has 104 valence electrons. The molecular weight excluding hydrogens is 253 g/mol. The Morgan fingerprint density at radius 3 is 2.35 bits per heavy atom. The van der Waals surface area contributed by atoms with E-state index < -0.39 is 0 Å². The molecule has 20 heavy (non-hydrogen) atoms. The van der Waals surface area contributed by atoms with Gasteiger partial charge in [-0.1, -0.05) is 36.4 Å². The predicted octanol–water partition coefficient (Wildman–Crippen LogP) is 3.49. The number of benzene rings is 2. The molecule has 0 bridgehead atoms. The molecule has 2 N–H and O–H groups in total. The van der Waals surface area contributed by atoms with E-state index in [1.165, 1.54) is 12.1 Å². The average Bonchev–Trinajstić information content (AvgIpc) is 2.47. The summed E-state index contributed by atoms with van der Waals surface area (Å²) in [6.07, 6.45) is 4.63. The van der Waals surface area contributed by atoms with E-state index in [4.69, 9.17) is 5.11 Å². The Bertz CT molecular complexity index is 546. The van der Waals surface area contributed by atoms with Gasteiger partial charge in [0.05, 0.1) is 0 Å². The molecule has 0 saturated carbocycles. The van der Waals surface area contributed by atoms with E-state index >= 15 is 0 Å². The molecular formula is C17H18FNO. The molecule has 0 unspecified atom stereocenters. The van der Waals surface area contributed by atoms with Gasteiger partial charge in [-0.2, -0.15) is 0 Å². The first-order valence-corrected chi connectivity index (χ1v) is 6.64. The van der Waals surface area contributed by atoms with Gasteiger partial charge in [0.25, 0.3) is 0 Å². The molecule has 0 amide bonds. The van der Waals surface area contributed by atoms with Crippen molar-refractivity contribution in [1.82, 2.24) is 0 Å². The summed E-state index contributed by atoms with van der Waals surface area (Å²) in [5, 5.41) is 12.1. The van der Waals surface area contributed by atoms with Crippen molar-refractivity contribution in [3.8, 4) is 0 Å². The van der Waals surface area contributed by atoms with Gasteiger partial charge in [-0.25, -0.2) is 4.39 Å². The zero-order valence-electron chi connectivity index (χ0n) is 11.2. The van der Waals surface area contributed by atoms with E-state index in [0.717, 1.165) is 16.8 Å². The molecule has 0 atom stereocenters. The normalized spacial score (nSPS) is 10.9. The lowest BCUT2D eigenvalue weighted by Crippen LogP contribution is -1.98. The van der Waals surface area contributed by atoms with Crippen LogP contribution in [0.3, 0.4) is 0 Å². The number of hydrogen-bond donors (Lipinski definition) is 2. The fourth-order valence-corrected chi connectivity index (χ4v) is 1.86. The predicted molar refractivity (Wildman–Crippen MR) is 81.2 cm³/mol. The van der Waals surface area contributed by atoms with E-state index in [1.54, 1.807) is 12.1 Å². The van der Waals surface area contributed by atoms with Crippen molar-refractivity contribution in [3.05, 3.63) is 71.6 Å². The molecule has 2 aromatic rings. The van der Waals surface area contributed by atoms with Gasteiger partial charge in [-0.15, -0.1) is 0 Å². The van der Waals surface area contributed by atoms with Crippen molar-refractivity contribution < 1.29 is 9.50 Å². The van der Waals surface area contributed by atoms with Crippen molar-refractivity contribution in [2.75, 3.05) is 18.5 Å². The Morgan fingerprint density at radius 1 is 1.00 bits per heavy atom. The van der Waals surface area contributed by atoms with Crippen LogP contribution >= 0.6 is 0 Å². The SMILES string of the molecule is OCCc1ccc(NC/C=C/c2ccc(F)cc2)cc1. The highest BCUT2D eigenvalue weighted by Crippen LogP contribution is 2.10. The molecule has 0 heterocycles. The summed E-state index contributed by atoms with van der Waals surface area (Å²) in [5.41, 5.74) is 3.14. The highest BCUT2D eigenvalue weighted by Gasteiger charge is 1.93. The van der Waals surface area contributed by atoms with E-state index in [2.05, 4.69) is 5.32 Å². The second-order valence-corrected chi connectivity index (χ2v) is 4.51. The Hall–Kier alpha value is -2.13. The number of halogens is 1. The topological polar surface area (TPSA) is 32.3 Å².